The molecule has 6 heteroatoms. The van der Waals surface area contributed by atoms with Gasteiger partial charge in [-0.1, -0.05) is 54.1 Å². The molecule has 0 fully saturated rings. The Morgan fingerprint density at radius 2 is 1.72 bits per heavy atom. The van der Waals surface area contributed by atoms with Gasteiger partial charge in [-0.2, -0.15) is 14.9 Å². The van der Waals surface area contributed by atoms with E-state index in [1.54, 1.807) is 12.1 Å². The highest BCUT2D eigenvalue weighted by Gasteiger charge is 2.17. The van der Waals surface area contributed by atoms with Crippen molar-refractivity contribution in [3.8, 4) is 28.6 Å². The van der Waals surface area contributed by atoms with Crippen LogP contribution in [-0.4, -0.2) is 14.6 Å². The number of rotatable bonds is 2. The average Bonchev–Trinajstić information content (AvgIpc) is 3.08. The number of anilines is 1. The minimum atomic E-state index is 0.264. The molecule has 2 heterocycles. The zero-order chi connectivity index (χ0) is 17.4. The molecule has 0 saturated heterocycles. The zero-order valence-electron chi connectivity index (χ0n) is 13.0. The molecule has 5 nitrogen and oxygen atoms in total. The van der Waals surface area contributed by atoms with Crippen LogP contribution in [-0.2, 0) is 0 Å². The summed E-state index contributed by atoms with van der Waals surface area (Å²) < 4.78 is 1.50. The van der Waals surface area contributed by atoms with Crippen molar-refractivity contribution in [2.75, 3.05) is 5.73 Å². The van der Waals surface area contributed by atoms with Crippen molar-refractivity contribution in [2.24, 2.45) is 0 Å². The van der Waals surface area contributed by atoms with Gasteiger partial charge in [0.15, 0.2) is 5.65 Å². The summed E-state index contributed by atoms with van der Waals surface area (Å²) in [6, 6.07) is 20.9. The molecule has 0 aliphatic heterocycles. The van der Waals surface area contributed by atoms with Gasteiger partial charge >= 0.3 is 0 Å². The molecule has 0 spiro atoms. The average molecular weight is 346 g/mol. The van der Waals surface area contributed by atoms with E-state index in [1.165, 1.54) is 4.52 Å². The number of benzene rings is 2. The van der Waals surface area contributed by atoms with Crippen molar-refractivity contribution < 1.29 is 0 Å². The first-order valence-corrected chi connectivity index (χ1v) is 7.96. The molecule has 2 aromatic heterocycles. The molecular formula is C19H12ClN5. The minimum Gasteiger partial charge on any atom is -0.382 e. The molecule has 0 radical (unpaired) electrons. The molecule has 0 amide bonds. The fourth-order valence-corrected chi connectivity index (χ4v) is 2.83. The third-order valence-corrected chi connectivity index (χ3v) is 4.19. The van der Waals surface area contributed by atoms with Crippen molar-refractivity contribution in [2.45, 2.75) is 0 Å². The lowest BCUT2D eigenvalue weighted by Crippen LogP contribution is -2.06. The van der Waals surface area contributed by atoms with Gasteiger partial charge in [0.05, 0.1) is 11.4 Å². The lowest BCUT2D eigenvalue weighted by molar-refractivity contribution is 0.953. The highest BCUT2D eigenvalue weighted by molar-refractivity contribution is 6.30. The van der Waals surface area contributed by atoms with Crippen LogP contribution < -0.4 is 5.73 Å². The second-order valence-corrected chi connectivity index (χ2v) is 5.94. The van der Waals surface area contributed by atoms with Crippen LogP contribution in [0.4, 0.5) is 5.82 Å². The van der Waals surface area contributed by atoms with E-state index >= 15 is 0 Å². The molecule has 0 saturated carbocycles. The number of aromatic nitrogens is 3. The number of halogens is 1. The van der Waals surface area contributed by atoms with Crippen molar-refractivity contribution in [3.63, 3.8) is 0 Å². The second kappa shape index (κ2) is 5.93. The predicted octanol–water partition coefficient (Wildman–Crippen LogP) is 4.17. The maximum atomic E-state index is 9.56. The first-order chi connectivity index (χ1) is 12.2. The molecule has 0 aliphatic carbocycles. The fraction of sp³-hybridized carbons (Fsp3) is 0. The largest absolute Gasteiger partial charge is 0.382 e. The molecule has 25 heavy (non-hydrogen) atoms. The Morgan fingerprint density at radius 1 is 1.00 bits per heavy atom. The van der Waals surface area contributed by atoms with Crippen LogP contribution in [0.25, 0.3) is 28.2 Å². The predicted molar refractivity (Wildman–Crippen MR) is 98.0 cm³/mol. The highest BCUT2D eigenvalue weighted by atomic mass is 35.5. The van der Waals surface area contributed by atoms with E-state index in [0.717, 1.165) is 16.8 Å². The van der Waals surface area contributed by atoms with Gasteiger partial charge in [0.25, 0.3) is 0 Å². The molecule has 2 N–H and O–H groups in total. The van der Waals surface area contributed by atoms with Crippen LogP contribution in [0, 0.1) is 11.3 Å². The first-order valence-electron chi connectivity index (χ1n) is 7.58. The number of nitriles is 1. The molecule has 4 aromatic rings. The molecule has 2 aromatic carbocycles. The Labute approximate surface area is 148 Å². The van der Waals surface area contributed by atoms with Crippen LogP contribution in [0.2, 0.25) is 5.02 Å². The molecule has 0 atom stereocenters. The van der Waals surface area contributed by atoms with Crippen molar-refractivity contribution in [3.05, 3.63) is 71.2 Å². The maximum absolute atomic E-state index is 9.56. The van der Waals surface area contributed by atoms with Crippen LogP contribution >= 0.6 is 11.6 Å². The Morgan fingerprint density at radius 3 is 2.40 bits per heavy atom. The minimum absolute atomic E-state index is 0.264. The highest BCUT2D eigenvalue weighted by Crippen LogP contribution is 2.29. The number of fused-ring (bicyclic) bond motifs is 1. The van der Waals surface area contributed by atoms with Crippen LogP contribution in [0.15, 0.2) is 60.7 Å². The Balaban J connectivity index is 1.96. The van der Waals surface area contributed by atoms with Crippen LogP contribution in [0.5, 0.6) is 0 Å². The Kier molecular flexibility index (Phi) is 3.60. The first kappa shape index (κ1) is 15.2. The third kappa shape index (κ3) is 2.59. The van der Waals surface area contributed by atoms with Gasteiger partial charge in [-0.15, -0.1) is 0 Å². The monoisotopic (exact) mass is 345 g/mol. The summed E-state index contributed by atoms with van der Waals surface area (Å²) in [6.45, 7) is 0. The molecule has 120 valence electrons. The van der Waals surface area contributed by atoms with E-state index in [9.17, 15) is 5.26 Å². The number of hydrogen-bond donors (Lipinski definition) is 1. The van der Waals surface area contributed by atoms with Crippen molar-refractivity contribution in [1.29, 1.82) is 5.26 Å². The molecule has 4 rings (SSSR count). The fourth-order valence-electron chi connectivity index (χ4n) is 2.70. The smallest absolute Gasteiger partial charge is 0.158 e. The van der Waals surface area contributed by atoms with Gasteiger partial charge in [0.1, 0.15) is 17.5 Å². The van der Waals surface area contributed by atoms with Gasteiger partial charge in [-0.3, -0.25) is 0 Å². The Hall–Kier alpha value is -3.36. The van der Waals surface area contributed by atoms with Crippen molar-refractivity contribution >= 4 is 23.1 Å². The van der Waals surface area contributed by atoms with Gasteiger partial charge in [-0.25, -0.2) is 4.98 Å². The quantitative estimate of drug-likeness (QED) is 0.591. The molecular weight excluding hydrogens is 334 g/mol. The van der Waals surface area contributed by atoms with Crippen molar-refractivity contribution in [1.82, 2.24) is 14.6 Å². The number of hydrogen-bond acceptors (Lipinski definition) is 4. The second-order valence-electron chi connectivity index (χ2n) is 5.50. The van der Waals surface area contributed by atoms with E-state index in [2.05, 4.69) is 16.2 Å². The molecule has 0 unspecified atom stereocenters. The van der Waals surface area contributed by atoms with E-state index < -0.39 is 0 Å². The van der Waals surface area contributed by atoms with Gasteiger partial charge < -0.3 is 5.73 Å². The lowest BCUT2D eigenvalue weighted by atomic mass is 10.1. The van der Waals surface area contributed by atoms with E-state index in [1.807, 2.05) is 48.5 Å². The summed E-state index contributed by atoms with van der Waals surface area (Å²) in [6.07, 6.45) is 0. The van der Waals surface area contributed by atoms with E-state index in [4.69, 9.17) is 17.3 Å². The SMILES string of the molecule is N#Cc1c(-c2ccc(Cl)cc2)nc2cc(-c3ccccc3)nn2c1N. The summed E-state index contributed by atoms with van der Waals surface area (Å²) in [4.78, 5) is 4.61. The van der Waals surface area contributed by atoms with Crippen LogP contribution in [0.1, 0.15) is 5.56 Å². The maximum Gasteiger partial charge on any atom is 0.158 e. The number of nitrogens with zero attached hydrogens (tertiary/aromatic N) is 4. The summed E-state index contributed by atoms with van der Waals surface area (Å²) in [5.74, 6) is 0.264. The normalized spacial score (nSPS) is 10.7. The summed E-state index contributed by atoms with van der Waals surface area (Å²) in [5.41, 5.74) is 10.1. The Bertz CT molecular complexity index is 1110. The zero-order valence-corrected chi connectivity index (χ0v) is 13.8. The topological polar surface area (TPSA) is 80.0 Å². The number of nitrogen functional groups attached to an aromatic ring is 1. The molecule has 0 aliphatic rings. The summed E-state index contributed by atoms with van der Waals surface area (Å²) in [7, 11) is 0. The summed E-state index contributed by atoms with van der Waals surface area (Å²) >= 11 is 5.95. The van der Waals surface area contributed by atoms with Gasteiger partial charge in [0, 0.05) is 22.2 Å². The third-order valence-electron chi connectivity index (χ3n) is 3.94. The number of nitrogens with two attached hydrogens (primary N) is 1. The van der Waals surface area contributed by atoms with Crippen LogP contribution in [0.3, 0.4) is 0 Å². The lowest BCUT2D eigenvalue weighted by Gasteiger charge is -2.08. The standard InChI is InChI=1S/C19H12ClN5/c20-14-8-6-13(7-9-14)18-15(11-21)19(22)25-17(23-18)10-16(24-25)12-4-2-1-3-5-12/h1-10H,22H2. The summed E-state index contributed by atoms with van der Waals surface area (Å²) in [5, 5.41) is 14.7. The van der Waals surface area contributed by atoms with E-state index in [0.29, 0.717) is 16.4 Å². The van der Waals surface area contributed by atoms with Gasteiger partial charge in [0.2, 0.25) is 0 Å². The van der Waals surface area contributed by atoms with Gasteiger partial charge in [-0.05, 0) is 12.1 Å². The molecule has 0 bridgehead atoms. The van der Waals surface area contributed by atoms with E-state index in [-0.39, 0.29) is 11.4 Å².